The van der Waals surface area contributed by atoms with Crippen LogP contribution in [0.15, 0.2) is 0 Å². The maximum absolute atomic E-state index is 11.7. The fourth-order valence-corrected chi connectivity index (χ4v) is 2.72. The Labute approximate surface area is 180 Å². The molecule has 0 unspecified atom stereocenters. The van der Waals surface area contributed by atoms with Crippen molar-refractivity contribution in [1.29, 1.82) is 0 Å². The third-order valence-corrected chi connectivity index (χ3v) is 4.32. The van der Waals surface area contributed by atoms with Crippen molar-refractivity contribution in [2.24, 2.45) is 0 Å². The van der Waals surface area contributed by atoms with Crippen molar-refractivity contribution in [3.8, 4) is 0 Å². The zero-order chi connectivity index (χ0) is 22.8. The number of carbonyl (C=O) groups excluding carboxylic acids is 4. The highest BCUT2D eigenvalue weighted by Crippen LogP contribution is 2.02. The highest BCUT2D eigenvalue weighted by molar-refractivity contribution is 5.75. The minimum absolute atomic E-state index is 0.0811. The van der Waals surface area contributed by atoms with E-state index in [9.17, 15) is 19.2 Å². The van der Waals surface area contributed by atoms with Gasteiger partial charge in [0, 0.05) is 45.7 Å². The average molecular weight is 431 g/mol. The summed E-state index contributed by atoms with van der Waals surface area (Å²) < 4.78 is 14.9. The number of ketones is 1. The molecule has 0 aliphatic heterocycles. The van der Waals surface area contributed by atoms with Gasteiger partial charge in [-0.15, -0.1) is 0 Å². The van der Waals surface area contributed by atoms with E-state index in [-0.39, 0.29) is 43.0 Å². The van der Waals surface area contributed by atoms with Gasteiger partial charge in [-0.3, -0.25) is 19.2 Å². The number of hydrogen-bond donors (Lipinski definition) is 0. The SMILES string of the molecule is CCOC(=O)CCN(CCC(C)=O)CCN(CCC(=O)OCC)CCC(=O)OCC. The predicted molar refractivity (Wildman–Crippen MR) is 112 cm³/mol. The van der Waals surface area contributed by atoms with Crippen molar-refractivity contribution in [1.82, 2.24) is 9.80 Å². The van der Waals surface area contributed by atoms with Crippen LogP contribution in [0.5, 0.6) is 0 Å². The van der Waals surface area contributed by atoms with Crippen molar-refractivity contribution in [2.45, 2.75) is 53.4 Å². The Bertz CT molecular complexity index is 503. The number of esters is 3. The van der Waals surface area contributed by atoms with Crippen LogP contribution in [0.4, 0.5) is 0 Å². The Morgan fingerprint density at radius 2 is 0.833 bits per heavy atom. The first-order valence-corrected chi connectivity index (χ1v) is 10.7. The number of Topliss-reactive ketones (excluding diaryl/α,β-unsaturated/α-hetero) is 1. The Morgan fingerprint density at radius 1 is 0.533 bits per heavy atom. The Morgan fingerprint density at radius 3 is 1.10 bits per heavy atom. The fraction of sp³-hybridized carbons (Fsp3) is 0.810. The third-order valence-electron chi connectivity index (χ3n) is 4.32. The number of hydrogen-bond acceptors (Lipinski definition) is 9. The van der Waals surface area contributed by atoms with Crippen molar-refractivity contribution in [2.75, 3.05) is 59.1 Å². The van der Waals surface area contributed by atoms with Crippen LogP contribution in [0.1, 0.15) is 53.4 Å². The minimum Gasteiger partial charge on any atom is -0.466 e. The van der Waals surface area contributed by atoms with Crippen molar-refractivity contribution in [3.63, 3.8) is 0 Å². The highest BCUT2D eigenvalue weighted by atomic mass is 16.5. The molecule has 0 aromatic rings. The summed E-state index contributed by atoms with van der Waals surface area (Å²) in [5, 5.41) is 0. The molecule has 174 valence electrons. The monoisotopic (exact) mass is 430 g/mol. The number of ether oxygens (including phenoxy) is 3. The number of nitrogens with zero attached hydrogens (tertiary/aromatic N) is 2. The van der Waals surface area contributed by atoms with Gasteiger partial charge in [0.05, 0.1) is 39.1 Å². The average Bonchev–Trinajstić information content (AvgIpc) is 2.69. The third kappa shape index (κ3) is 15.9. The van der Waals surface area contributed by atoms with E-state index in [1.807, 2.05) is 9.80 Å². The van der Waals surface area contributed by atoms with Crippen LogP contribution in [0.25, 0.3) is 0 Å². The summed E-state index contributed by atoms with van der Waals surface area (Å²) in [5.41, 5.74) is 0. The topological polar surface area (TPSA) is 102 Å². The zero-order valence-corrected chi connectivity index (χ0v) is 18.9. The molecule has 0 aliphatic rings. The summed E-state index contributed by atoms with van der Waals surface area (Å²) in [7, 11) is 0. The maximum atomic E-state index is 11.7. The van der Waals surface area contributed by atoms with E-state index in [2.05, 4.69) is 0 Å². The lowest BCUT2D eigenvalue weighted by atomic mass is 10.2. The molecule has 0 spiro atoms. The second-order valence-corrected chi connectivity index (χ2v) is 6.80. The van der Waals surface area contributed by atoms with Gasteiger partial charge < -0.3 is 24.0 Å². The summed E-state index contributed by atoms with van der Waals surface area (Å²) in [6.07, 6.45) is 1.10. The molecule has 0 amide bonds. The van der Waals surface area contributed by atoms with Crippen LogP contribution < -0.4 is 0 Å². The van der Waals surface area contributed by atoms with Crippen LogP contribution in [0, 0.1) is 0 Å². The normalized spacial score (nSPS) is 10.9. The second-order valence-electron chi connectivity index (χ2n) is 6.80. The van der Waals surface area contributed by atoms with E-state index >= 15 is 0 Å². The first-order chi connectivity index (χ1) is 14.3. The summed E-state index contributed by atoms with van der Waals surface area (Å²) in [5.74, 6) is -0.756. The molecule has 0 saturated heterocycles. The molecule has 0 N–H and O–H groups in total. The molecular weight excluding hydrogens is 392 g/mol. The Balaban J connectivity index is 4.79. The zero-order valence-electron chi connectivity index (χ0n) is 18.9. The van der Waals surface area contributed by atoms with Gasteiger partial charge in [0.15, 0.2) is 0 Å². The molecule has 9 heteroatoms. The van der Waals surface area contributed by atoms with Crippen LogP contribution in [0.3, 0.4) is 0 Å². The molecule has 0 rings (SSSR count). The van der Waals surface area contributed by atoms with Crippen LogP contribution in [-0.2, 0) is 33.4 Å². The van der Waals surface area contributed by atoms with Gasteiger partial charge in [-0.25, -0.2) is 0 Å². The lowest BCUT2D eigenvalue weighted by molar-refractivity contribution is -0.145. The fourth-order valence-electron chi connectivity index (χ4n) is 2.72. The molecule has 0 aromatic carbocycles. The summed E-state index contributed by atoms with van der Waals surface area (Å²) in [6.45, 7) is 10.9. The lowest BCUT2D eigenvalue weighted by Gasteiger charge is -2.27. The Hall–Kier alpha value is -2.00. The van der Waals surface area contributed by atoms with E-state index in [0.29, 0.717) is 65.5 Å². The summed E-state index contributed by atoms with van der Waals surface area (Å²) >= 11 is 0. The molecule has 0 fully saturated rings. The lowest BCUT2D eigenvalue weighted by Crippen LogP contribution is -2.39. The first-order valence-electron chi connectivity index (χ1n) is 10.7. The van der Waals surface area contributed by atoms with Gasteiger partial charge in [-0.2, -0.15) is 0 Å². The van der Waals surface area contributed by atoms with Gasteiger partial charge in [-0.05, 0) is 27.7 Å². The maximum Gasteiger partial charge on any atom is 0.307 e. The predicted octanol–water partition coefficient (Wildman–Crippen LogP) is 1.43. The summed E-state index contributed by atoms with van der Waals surface area (Å²) in [4.78, 5) is 50.5. The van der Waals surface area contributed by atoms with E-state index in [0.717, 1.165) is 0 Å². The molecule has 0 heterocycles. The van der Waals surface area contributed by atoms with Gasteiger partial charge in [-0.1, -0.05) is 0 Å². The molecule has 0 aliphatic carbocycles. The minimum atomic E-state index is -0.283. The van der Waals surface area contributed by atoms with Crippen LogP contribution in [0.2, 0.25) is 0 Å². The molecule has 9 nitrogen and oxygen atoms in total. The standard InChI is InChI=1S/C21H38N2O7/c1-5-28-19(25)9-13-22(12-8-18(4)24)16-17-23(14-10-20(26)29-6-2)15-11-21(27)30-7-3/h5-17H2,1-4H3. The quantitative estimate of drug-likeness (QED) is 0.236. The molecule has 0 saturated carbocycles. The van der Waals surface area contributed by atoms with E-state index in [1.54, 1.807) is 20.8 Å². The van der Waals surface area contributed by atoms with Gasteiger partial charge in [0.2, 0.25) is 0 Å². The smallest absolute Gasteiger partial charge is 0.307 e. The molecule has 0 bridgehead atoms. The van der Waals surface area contributed by atoms with Crippen LogP contribution in [-0.4, -0.2) is 92.6 Å². The molecule has 30 heavy (non-hydrogen) atoms. The van der Waals surface area contributed by atoms with E-state index < -0.39 is 0 Å². The van der Waals surface area contributed by atoms with E-state index in [1.165, 1.54) is 6.92 Å². The largest absolute Gasteiger partial charge is 0.466 e. The van der Waals surface area contributed by atoms with Gasteiger partial charge in [0.25, 0.3) is 0 Å². The first kappa shape index (κ1) is 28.0. The van der Waals surface area contributed by atoms with Crippen molar-refractivity contribution >= 4 is 23.7 Å². The van der Waals surface area contributed by atoms with Gasteiger partial charge >= 0.3 is 17.9 Å². The van der Waals surface area contributed by atoms with Crippen molar-refractivity contribution < 1.29 is 33.4 Å². The van der Waals surface area contributed by atoms with E-state index in [4.69, 9.17) is 14.2 Å². The van der Waals surface area contributed by atoms with Crippen LogP contribution >= 0.6 is 0 Å². The second kappa shape index (κ2) is 17.8. The number of carbonyl (C=O) groups is 4. The van der Waals surface area contributed by atoms with Gasteiger partial charge in [0.1, 0.15) is 5.78 Å². The Kier molecular flexibility index (Phi) is 16.6. The molecular formula is C21H38N2O7. The molecule has 0 aromatic heterocycles. The van der Waals surface area contributed by atoms with Crippen molar-refractivity contribution in [3.05, 3.63) is 0 Å². The number of rotatable bonds is 18. The molecule has 0 atom stereocenters. The highest BCUT2D eigenvalue weighted by Gasteiger charge is 2.15. The summed E-state index contributed by atoms with van der Waals surface area (Å²) in [6, 6.07) is 0. The molecule has 0 radical (unpaired) electrons.